The summed E-state index contributed by atoms with van der Waals surface area (Å²) in [5, 5.41) is 9.58. The number of halogens is 1. The maximum Gasteiger partial charge on any atom is 0.176 e. The van der Waals surface area contributed by atoms with Crippen molar-refractivity contribution in [3.8, 4) is 11.5 Å². The summed E-state index contributed by atoms with van der Waals surface area (Å²) >= 11 is 5.69. The lowest BCUT2D eigenvalue weighted by Gasteiger charge is -2.06. The maximum atomic E-state index is 9.32. The number of phenols is 1. The highest BCUT2D eigenvalue weighted by molar-refractivity contribution is 6.32. The second-order valence-corrected chi connectivity index (χ2v) is 2.74. The van der Waals surface area contributed by atoms with E-state index in [4.69, 9.17) is 22.1 Å². The molecule has 1 aromatic rings. The number of hydrogen-bond donors (Lipinski definition) is 2. The molecule has 66 valence electrons. The van der Waals surface area contributed by atoms with Gasteiger partial charge in [0.1, 0.15) is 0 Å². The van der Waals surface area contributed by atoms with Crippen LogP contribution < -0.4 is 10.5 Å². The van der Waals surface area contributed by atoms with Gasteiger partial charge in [0.15, 0.2) is 11.5 Å². The van der Waals surface area contributed by atoms with Crippen molar-refractivity contribution in [3.05, 3.63) is 22.7 Å². The summed E-state index contributed by atoms with van der Waals surface area (Å²) in [4.78, 5) is 0. The van der Waals surface area contributed by atoms with Crippen LogP contribution in [0.2, 0.25) is 5.02 Å². The van der Waals surface area contributed by atoms with Crippen molar-refractivity contribution in [3.63, 3.8) is 0 Å². The Morgan fingerprint density at radius 2 is 2.25 bits per heavy atom. The van der Waals surface area contributed by atoms with E-state index in [0.717, 1.165) is 5.56 Å². The van der Waals surface area contributed by atoms with E-state index in [-0.39, 0.29) is 10.8 Å². The van der Waals surface area contributed by atoms with E-state index < -0.39 is 0 Å². The first kappa shape index (κ1) is 9.16. The predicted octanol–water partition coefficient (Wildman–Crippen LogP) is 1.51. The fourth-order valence-corrected chi connectivity index (χ4v) is 1.13. The van der Waals surface area contributed by atoms with Crippen LogP contribution in [0.25, 0.3) is 0 Å². The molecule has 0 bridgehead atoms. The van der Waals surface area contributed by atoms with Gasteiger partial charge in [-0.2, -0.15) is 0 Å². The second-order valence-electron chi connectivity index (χ2n) is 2.33. The highest BCUT2D eigenvalue weighted by atomic mass is 35.5. The molecule has 3 N–H and O–H groups in total. The molecule has 0 aromatic heterocycles. The van der Waals surface area contributed by atoms with Crippen molar-refractivity contribution in [2.75, 3.05) is 7.11 Å². The molecular formula is C8H10ClNO2. The lowest BCUT2D eigenvalue weighted by atomic mass is 10.2. The van der Waals surface area contributed by atoms with Crippen LogP contribution in [0.1, 0.15) is 5.56 Å². The van der Waals surface area contributed by atoms with E-state index in [2.05, 4.69) is 0 Å². The van der Waals surface area contributed by atoms with Gasteiger partial charge in [-0.1, -0.05) is 11.6 Å². The third kappa shape index (κ3) is 1.62. The van der Waals surface area contributed by atoms with Gasteiger partial charge in [0, 0.05) is 6.54 Å². The van der Waals surface area contributed by atoms with E-state index in [9.17, 15) is 5.11 Å². The number of aromatic hydroxyl groups is 1. The molecule has 1 aromatic carbocycles. The minimum absolute atomic E-state index is 0.0450. The number of phenolic OH excluding ortho intramolecular Hbond substituents is 1. The normalized spacial score (nSPS) is 9.92. The van der Waals surface area contributed by atoms with Gasteiger partial charge in [-0.3, -0.25) is 0 Å². The van der Waals surface area contributed by atoms with Crippen molar-refractivity contribution < 1.29 is 9.84 Å². The topological polar surface area (TPSA) is 55.5 Å². The zero-order chi connectivity index (χ0) is 9.14. The van der Waals surface area contributed by atoms with Crippen LogP contribution >= 0.6 is 11.6 Å². The Morgan fingerprint density at radius 3 is 2.75 bits per heavy atom. The Balaban J connectivity index is 3.19. The molecule has 0 aliphatic heterocycles. The van der Waals surface area contributed by atoms with E-state index in [1.807, 2.05) is 0 Å². The quantitative estimate of drug-likeness (QED) is 0.738. The lowest BCUT2D eigenvalue weighted by Crippen LogP contribution is -1.97. The summed E-state index contributed by atoms with van der Waals surface area (Å²) in [6.45, 7) is 0.371. The average Bonchev–Trinajstić information content (AvgIpc) is 2.09. The fraction of sp³-hybridized carbons (Fsp3) is 0.250. The molecule has 0 radical (unpaired) electrons. The summed E-state index contributed by atoms with van der Waals surface area (Å²) in [6.07, 6.45) is 0. The maximum absolute atomic E-state index is 9.32. The molecule has 4 heteroatoms. The number of rotatable bonds is 2. The summed E-state index contributed by atoms with van der Waals surface area (Å²) in [7, 11) is 1.46. The Morgan fingerprint density at radius 1 is 1.58 bits per heavy atom. The molecule has 0 heterocycles. The molecule has 12 heavy (non-hydrogen) atoms. The molecule has 0 fully saturated rings. The fourth-order valence-electron chi connectivity index (χ4n) is 0.901. The number of ether oxygens (including phenoxy) is 1. The van der Waals surface area contributed by atoms with Crippen LogP contribution in [0.3, 0.4) is 0 Å². The molecule has 0 aliphatic rings. The molecule has 0 saturated heterocycles. The van der Waals surface area contributed by atoms with Crippen LogP contribution in [-0.4, -0.2) is 12.2 Å². The highest BCUT2D eigenvalue weighted by Gasteiger charge is 2.07. The number of hydrogen-bond acceptors (Lipinski definition) is 3. The van der Waals surface area contributed by atoms with Crippen molar-refractivity contribution >= 4 is 11.6 Å². The third-order valence-electron chi connectivity index (χ3n) is 1.54. The number of benzene rings is 1. The highest BCUT2D eigenvalue weighted by Crippen LogP contribution is 2.34. The van der Waals surface area contributed by atoms with E-state index in [0.29, 0.717) is 12.3 Å². The smallest absolute Gasteiger partial charge is 0.176 e. The van der Waals surface area contributed by atoms with Crippen LogP contribution in [0, 0.1) is 0 Å². The van der Waals surface area contributed by atoms with E-state index in [1.54, 1.807) is 12.1 Å². The minimum atomic E-state index is -0.0450. The summed E-state index contributed by atoms with van der Waals surface area (Å²) in [5.74, 6) is 0.305. The number of nitrogens with two attached hydrogens (primary N) is 1. The zero-order valence-electron chi connectivity index (χ0n) is 6.67. The Hall–Kier alpha value is -0.930. The lowest BCUT2D eigenvalue weighted by molar-refractivity contribution is 0.373. The van der Waals surface area contributed by atoms with Gasteiger partial charge in [0.25, 0.3) is 0 Å². The Kier molecular flexibility index (Phi) is 2.78. The van der Waals surface area contributed by atoms with Gasteiger partial charge >= 0.3 is 0 Å². The second kappa shape index (κ2) is 3.65. The first-order chi connectivity index (χ1) is 5.69. The number of methoxy groups -OCH3 is 1. The van der Waals surface area contributed by atoms with Gasteiger partial charge in [-0.25, -0.2) is 0 Å². The SMILES string of the molecule is COc1cc(CN)cc(Cl)c1O. The van der Waals surface area contributed by atoms with E-state index in [1.165, 1.54) is 7.11 Å². The molecular weight excluding hydrogens is 178 g/mol. The van der Waals surface area contributed by atoms with Crippen LogP contribution in [-0.2, 0) is 6.54 Å². The van der Waals surface area contributed by atoms with Crippen molar-refractivity contribution in [2.45, 2.75) is 6.54 Å². The summed E-state index contributed by atoms with van der Waals surface area (Å²) < 4.78 is 4.88. The monoisotopic (exact) mass is 187 g/mol. The molecule has 0 saturated carbocycles. The Labute approximate surface area is 75.7 Å². The first-order valence-corrected chi connectivity index (χ1v) is 3.82. The molecule has 0 amide bonds. The summed E-state index contributed by atoms with van der Waals surface area (Å²) in [6, 6.07) is 3.26. The van der Waals surface area contributed by atoms with Crippen LogP contribution in [0.15, 0.2) is 12.1 Å². The van der Waals surface area contributed by atoms with Crippen LogP contribution in [0.4, 0.5) is 0 Å². The molecule has 3 nitrogen and oxygen atoms in total. The largest absolute Gasteiger partial charge is 0.503 e. The van der Waals surface area contributed by atoms with Crippen molar-refractivity contribution in [1.29, 1.82) is 0 Å². The van der Waals surface area contributed by atoms with E-state index >= 15 is 0 Å². The van der Waals surface area contributed by atoms with Crippen molar-refractivity contribution in [2.24, 2.45) is 5.73 Å². The standard InChI is InChI=1S/C8H10ClNO2/c1-12-7-3-5(4-10)2-6(9)8(7)11/h2-3,11H,4,10H2,1H3. The van der Waals surface area contributed by atoms with Gasteiger partial charge in [-0.05, 0) is 17.7 Å². The summed E-state index contributed by atoms with van der Waals surface area (Å²) in [5.41, 5.74) is 6.22. The minimum Gasteiger partial charge on any atom is -0.503 e. The van der Waals surface area contributed by atoms with Gasteiger partial charge in [0.05, 0.1) is 12.1 Å². The van der Waals surface area contributed by atoms with Crippen LogP contribution in [0.5, 0.6) is 11.5 Å². The average molecular weight is 188 g/mol. The molecule has 0 unspecified atom stereocenters. The van der Waals surface area contributed by atoms with Gasteiger partial charge < -0.3 is 15.6 Å². The van der Waals surface area contributed by atoms with Crippen molar-refractivity contribution in [1.82, 2.24) is 0 Å². The molecule has 0 aliphatic carbocycles. The third-order valence-corrected chi connectivity index (χ3v) is 1.83. The zero-order valence-corrected chi connectivity index (χ0v) is 7.43. The molecule has 1 rings (SSSR count). The predicted molar refractivity (Wildman–Crippen MR) is 47.6 cm³/mol. The first-order valence-electron chi connectivity index (χ1n) is 3.44. The van der Waals surface area contributed by atoms with Gasteiger partial charge in [-0.15, -0.1) is 0 Å². The molecule has 0 atom stereocenters. The molecule has 0 spiro atoms. The Bertz CT molecular complexity index is 289. The van der Waals surface area contributed by atoms with Gasteiger partial charge in [0.2, 0.25) is 0 Å².